The molecule has 0 aliphatic carbocycles. The van der Waals surface area contributed by atoms with E-state index in [1.54, 1.807) is 6.20 Å². The number of nitrogens with zero attached hydrogens (tertiary/aromatic N) is 6. The molecular weight excluding hydrogens is 242 g/mol. The van der Waals surface area contributed by atoms with Gasteiger partial charge in [0.2, 0.25) is 17.8 Å². The fourth-order valence-corrected chi connectivity index (χ4v) is 1.57. The third-order valence-corrected chi connectivity index (χ3v) is 2.59. The quantitative estimate of drug-likeness (QED) is 0.873. The molecule has 0 unspecified atom stereocenters. The lowest BCUT2D eigenvalue weighted by atomic mass is 10.5. The zero-order valence-corrected chi connectivity index (χ0v) is 11.8. The third kappa shape index (κ3) is 2.98. The first-order chi connectivity index (χ1) is 9.11. The van der Waals surface area contributed by atoms with Gasteiger partial charge in [0, 0.05) is 33.0 Å². The van der Waals surface area contributed by atoms with Crippen molar-refractivity contribution in [3.8, 4) is 5.95 Å². The van der Waals surface area contributed by atoms with Crippen molar-refractivity contribution in [2.45, 2.75) is 20.3 Å². The molecule has 1 N–H and O–H groups in total. The minimum Gasteiger partial charge on any atom is -0.354 e. The lowest BCUT2D eigenvalue weighted by Crippen LogP contribution is -2.17. The monoisotopic (exact) mass is 261 g/mol. The Balaban J connectivity index is 2.42. The second-order valence-electron chi connectivity index (χ2n) is 4.42. The normalized spacial score (nSPS) is 10.5. The summed E-state index contributed by atoms with van der Waals surface area (Å²) in [5.41, 5.74) is 0. The predicted octanol–water partition coefficient (Wildman–Crippen LogP) is 1.25. The lowest BCUT2D eigenvalue weighted by Gasteiger charge is -2.13. The summed E-state index contributed by atoms with van der Waals surface area (Å²) in [6.07, 6.45) is 4.59. The molecule has 0 atom stereocenters. The van der Waals surface area contributed by atoms with Crippen molar-refractivity contribution in [3.63, 3.8) is 0 Å². The third-order valence-electron chi connectivity index (χ3n) is 2.59. The first kappa shape index (κ1) is 13.3. The molecule has 0 aliphatic heterocycles. The summed E-state index contributed by atoms with van der Waals surface area (Å²) >= 11 is 0. The molecule has 0 fully saturated rings. The van der Waals surface area contributed by atoms with E-state index in [1.165, 1.54) is 0 Å². The Hall–Kier alpha value is -2.18. The van der Waals surface area contributed by atoms with Gasteiger partial charge in [0.15, 0.2) is 0 Å². The molecule has 0 saturated carbocycles. The second-order valence-corrected chi connectivity index (χ2v) is 4.42. The van der Waals surface area contributed by atoms with Gasteiger partial charge in [-0.05, 0) is 13.3 Å². The average molecular weight is 261 g/mol. The van der Waals surface area contributed by atoms with E-state index < -0.39 is 0 Å². The molecule has 0 bridgehead atoms. The van der Waals surface area contributed by atoms with Crippen LogP contribution in [0.2, 0.25) is 0 Å². The number of aromatic nitrogens is 5. The van der Waals surface area contributed by atoms with Crippen LogP contribution in [-0.2, 0) is 0 Å². The number of hydrogen-bond donors (Lipinski definition) is 1. The summed E-state index contributed by atoms with van der Waals surface area (Å²) in [6, 6.07) is 0. The Morgan fingerprint density at radius 3 is 2.63 bits per heavy atom. The highest BCUT2D eigenvalue weighted by molar-refractivity contribution is 5.39. The SMILES string of the molecule is CCCNc1nc(N(C)C)nc(-n2ccnc2C)n1. The van der Waals surface area contributed by atoms with Gasteiger partial charge >= 0.3 is 0 Å². The molecule has 7 nitrogen and oxygen atoms in total. The molecule has 0 spiro atoms. The molecule has 0 aromatic carbocycles. The summed E-state index contributed by atoms with van der Waals surface area (Å²) in [5.74, 6) is 2.63. The van der Waals surface area contributed by atoms with Gasteiger partial charge in [-0.2, -0.15) is 15.0 Å². The Bertz CT molecular complexity index is 547. The number of imidazole rings is 1. The molecule has 2 rings (SSSR count). The van der Waals surface area contributed by atoms with Gasteiger partial charge in [-0.1, -0.05) is 6.92 Å². The highest BCUT2D eigenvalue weighted by Crippen LogP contribution is 2.12. The van der Waals surface area contributed by atoms with Gasteiger partial charge in [0.1, 0.15) is 5.82 Å². The van der Waals surface area contributed by atoms with Gasteiger partial charge < -0.3 is 10.2 Å². The van der Waals surface area contributed by atoms with Crippen LogP contribution in [0.5, 0.6) is 0 Å². The summed E-state index contributed by atoms with van der Waals surface area (Å²) < 4.78 is 1.84. The standard InChI is InChI=1S/C12H19N7/c1-5-6-14-10-15-11(18(3)4)17-12(16-10)19-8-7-13-9(19)2/h7-8H,5-6H2,1-4H3,(H,14,15,16,17). The molecule has 0 aliphatic rings. The zero-order chi connectivity index (χ0) is 13.8. The van der Waals surface area contributed by atoms with Gasteiger partial charge in [-0.25, -0.2) is 4.98 Å². The van der Waals surface area contributed by atoms with E-state index in [-0.39, 0.29) is 0 Å². The molecule has 0 saturated heterocycles. The summed E-state index contributed by atoms with van der Waals surface area (Å²) in [6.45, 7) is 4.85. The topological polar surface area (TPSA) is 71.8 Å². The molecule has 0 amide bonds. The van der Waals surface area contributed by atoms with Crippen molar-refractivity contribution in [2.24, 2.45) is 0 Å². The van der Waals surface area contributed by atoms with Crippen LogP contribution in [0.4, 0.5) is 11.9 Å². The van der Waals surface area contributed by atoms with Crippen LogP contribution >= 0.6 is 0 Å². The number of anilines is 2. The molecule has 2 heterocycles. The van der Waals surface area contributed by atoms with Crippen molar-refractivity contribution < 1.29 is 0 Å². The summed E-state index contributed by atoms with van der Waals surface area (Å²) in [4.78, 5) is 19.3. The van der Waals surface area contributed by atoms with Crippen molar-refractivity contribution in [3.05, 3.63) is 18.2 Å². The number of hydrogen-bond acceptors (Lipinski definition) is 6. The van der Waals surface area contributed by atoms with Gasteiger partial charge in [-0.15, -0.1) is 0 Å². The minimum absolute atomic E-state index is 0.576. The summed E-state index contributed by atoms with van der Waals surface area (Å²) in [5, 5.41) is 3.19. The minimum atomic E-state index is 0.576. The Morgan fingerprint density at radius 2 is 2.05 bits per heavy atom. The van der Waals surface area contributed by atoms with Crippen LogP contribution in [0.25, 0.3) is 5.95 Å². The molecular formula is C12H19N7. The Kier molecular flexibility index (Phi) is 3.94. The zero-order valence-electron chi connectivity index (χ0n) is 11.8. The smallest absolute Gasteiger partial charge is 0.241 e. The van der Waals surface area contributed by atoms with Crippen molar-refractivity contribution in [1.29, 1.82) is 0 Å². The first-order valence-electron chi connectivity index (χ1n) is 6.29. The predicted molar refractivity (Wildman–Crippen MR) is 74.8 cm³/mol. The van der Waals surface area contributed by atoms with E-state index in [4.69, 9.17) is 0 Å². The van der Waals surface area contributed by atoms with E-state index in [9.17, 15) is 0 Å². The summed E-state index contributed by atoms with van der Waals surface area (Å²) in [7, 11) is 3.81. The van der Waals surface area contributed by atoms with Crippen LogP contribution in [0, 0.1) is 6.92 Å². The van der Waals surface area contributed by atoms with E-state index in [0.29, 0.717) is 17.8 Å². The van der Waals surface area contributed by atoms with Gasteiger partial charge in [0.25, 0.3) is 0 Å². The van der Waals surface area contributed by atoms with Crippen molar-refractivity contribution >= 4 is 11.9 Å². The molecule has 0 radical (unpaired) electrons. The van der Waals surface area contributed by atoms with E-state index in [0.717, 1.165) is 18.8 Å². The molecule has 2 aromatic heterocycles. The Labute approximate surface area is 112 Å². The van der Waals surface area contributed by atoms with Crippen LogP contribution in [-0.4, -0.2) is 45.1 Å². The van der Waals surface area contributed by atoms with Crippen LogP contribution < -0.4 is 10.2 Å². The van der Waals surface area contributed by atoms with Crippen LogP contribution in [0.15, 0.2) is 12.4 Å². The molecule has 102 valence electrons. The van der Waals surface area contributed by atoms with E-state index >= 15 is 0 Å². The van der Waals surface area contributed by atoms with E-state index in [1.807, 2.05) is 36.7 Å². The van der Waals surface area contributed by atoms with Crippen LogP contribution in [0.1, 0.15) is 19.2 Å². The maximum atomic E-state index is 4.43. The van der Waals surface area contributed by atoms with Crippen molar-refractivity contribution in [2.75, 3.05) is 30.9 Å². The molecule has 19 heavy (non-hydrogen) atoms. The number of rotatable bonds is 5. The highest BCUT2D eigenvalue weighted by Gasteiger charge is 2.10. The largest absolute Gasteiger partial charge is 0.354 e. The lowest BCUT2D eigenvalue weighted by molar-refractivity contribution is 0.839. The molecule has 2 aromatic rings. The number of aryl methyl sites for hydroxylation is 1. The van der Waals surface area contributed by atoms with Crippen molar-refractivity contribution in [1.82, 2.24) is 24.5 Å². The Morgan fingerprint density at radius 1 is 1.26 bits per heavy atom. The van der Waals surface area contributed by atoms with E-state index in [2.05, 4.69) is 32.2 Å². The maximum absolute atomic E-state index is 4.43. The maximum Gasteiger partial charge on any atom is 0.241 e. The fourth-order valence-electron chi connectivity index (χ4n) is 1.57. The van der Waals surface area contributed by atoms with Gasteiger partial charge in [-0.3, -0.25) is 4.57 Å². The number of nitrogens with one attached hydrogen (secondary N) is 1. The highest BCUT2D eigenvalue weighted by atomic mass is 15.3. The van der Waals surface area contributed by atoms with Crippen LogP contribution in [0.3, 0.4) is 0 Å². The average Bonchev–Trinajstić information content (AvgIpc) is 2.82. The molecule has 7 heteroatoms. The fraction of sp³-hybridized carbons (Fsp3) is 0.500. The first-order valence-corrected chi connectivity index (χ1v) is 6.29. The second kappa shape index (κ2) is 5.64. The van der Waals surface area contributed by atoms with Gasteiger partial charge in [0.05, 0.1) is 0 Å².